The second-order valence-electron chi connectivity index (χ2n) is 6.40. The highest BCUT2D eigenvalue weighted by atomic mass is 127. The van der Waals surface area contributed by atoms with Crippen LogP contribution in [0.15, 0.2) is 21.8 Å². The number of hydrogen-bond donors (Lipinski definition) is 2. The Morgan fingerprint density at radius 1 is 1.26 bits per heavy atom. The van der Waals surface area contributed by atoms with Crippen LogP contribution in [0.5, 0.6) is 0 Å². The van der Waals surface area contributed by atoms with E-state index in [2.05, 4.69) is 51.2 Å². The molecule has 1 fully saturated rings. The smallest absolute Gasteiger partial charge is 0.191 e. The normalized spacial score (nSPS) is 18.3. The zero-order valence-corrected chi connectivity index (χ0v) is 17.7. The van der Waals surface area contributed by atoms with Crippen molar-refractivity contribution in [1.29, 1.82) is 0 Å². The van der Waals surface area contributed by atoms with Crippen LogP contribution in [0.1, 0.15) is 38.2 Å². The van der Waals surface area contributed by atoms with Crippen LogP contribution >= 0.6 is 35.3 Å². The molecule has 1 aliphatic heterocycles. The Bertz CT molecular complexity index is 443. The number of rotatable bonds is 7. The van der Waals surface area contributed by atoms with Gasteiger partial charge in [0.2, 0.25) is 0 Å². The van der Waals surface area contributed by atoms with E-state index >= 15 is 0 Å². The van der Waals surface area contributed by atoms with Crippen molar-refractivity contribution in [3.63, 3.8) is 0 Å². The summed E-state index contributed by atoms with van der Waals surface area (Å²) in [4.78, 5) is 6.90. The highest BCUT2D eigenvalue weighted by Gasteiger charge is 2.15. The molecule has 2 unspecified atom stereocenters. The van der Waals surface area contributed by atoms with Gasteiger partial charge in [-0.3, -0.25) is 4.99 Å². The molecule has 1 aliphatic rings. The molecular weight excluding hydrogens is 419 g/mol. The van der Waals surface area contributed by atoms with Gasteiger partial charge >= 0.3 is 0 Å². The lowest BCUT2D eigenvalue weighted by Gasteiger charge is -2.22. The summed E-state index contributed by atoms with van der Waals surface area (Å²) in [5.74, 6) is 2.06. The summed E-state index contributed by atoms with van der Waals surface area (Å²) in [5.41, 5.74) is 1.40. The number of hydrogen-bond acceptors (Lipinski definition) is 3. The van der Waals surface area contributed by atoms with Gasteiger partial charge in [0.05, 0.1) is 0 Å². The molecule has 23 heavy (non-hydrogen) atoms. The minimum absolute atomic E-state index is 0. The van der Waals surface area contributed by atoms with E-state index in [4.69, 9.17) is 0 Å². The number of halogens is 1. The quantitative estimate of drug-likeness (QED) is 0.380. The molecule has 0 saturated carbocycles. The monoisotopic (exact) mass is 450 g/mol. The van der Waals surface area contributed by atoms with Gasteiger partial charge in [0.25, 0.3) is 0 Å². The average molecular weight is 450 g/mol. The molecule has 1 saturated heterocycles. The van der Waals surface area contributed by atoms with Crippen LogP contribution in [0.3, 0.4) is 0 Å². The summed E-state index contributed by atoms with van der Waals surface area (Å²) in [6.07, 6.45) is 2.73. The lowest BCUT2D eigenvalue weighted by Crippen LogP contribution is -2.42. The fraction of sp³-hybridized carbons (Fsp3) is 0.706. The molecule has 0 radical (unpaired) electrons. The van der Waals surface area contributed by atoms with Crippen molar-refractivity contribution in [2.75, 3.05) is 39.8 Å². The molecule has 1 aromatic rings. The van der Waals surface area contributed by atoms with Crippen molar-refractivity contribution in [2.24, 2.45) is 10.9 Å². The standard InChI is InChI=1S/C17H30N4S.HI/c1-14(12-21-7-4-5-8-21)10-19-17(18-3)20-11-15(2)16-6-9-22-13-16;/h6,9,13-15H,4-5,7-8,10-12H2,1-3H3,(H2,18,19,20);1H. The van der Waals surface area contributed by atoms with Crippen LogP contribution in [0.25, 0.3) is 0 Å². The van der Waals surface area contributed by atoms with Crippen LogP contribution in [-0.4, -0.2) is 50.6 Å². The molecule has 2 atom stereocenters. The first-order valence-electron chi connectivity index (χ1n) is 8.38. The molecule has 0 aromatic carbocycles. The lowest BCUT2D eigenvalue weighted by molar-refractivity contribution is 0.287. The van der Waals surface area contributed by atoms with Crippen molar-refractivity contribution in [2.45, 2.75) is 32.6 Å². The van der Waals surface area contributed by atoms with E-state index in [9.17, 15) is 0 Å². The molecular formula is C17H31IN4S. The zero-order chi connectivity index (χ0) is 15.8. The first kappa shape index (κ1) is 20.7. The second kappa shape index (κ2) is 11.3. The molecule has 2 N–H and O–H groups in total. The molecule has 132 valence electrons. The molecule has 2 rings (SSSR count). The molecule has 0 aliphatic carbocycles. The van der Waals surface area contributed by atoms with Crippen LogP contribution in [-0.2, 0) is 0 Å². The van der Waals surface area contributed by atoms with E-state index in [1.807, 2.05) is 7.05 Å². The van der Waals surface area contributed by atoms with Gasteiger partial charge in [-0.2, -0.15) is 11.3 Å². The summed E-state index contributed by atoms with van der Waals surface area (Å²) >= 11 is 1.76. The third-order valence-corrected chi connectivity index (χ3v) is 5.00. The van der Waals surface area contributed by atoms with E-state index in [0.29, 0.717) is 11.8 Å². The predicted octanol–water partition coefficient (Wildman–Crippen LogP) is 3.37. The summed E-state index contributed by atoms with van der Waals surface area (Å²) in [6.45, 7) is 10.2. The van der Waals surface area contributed by atoms with E-state index < -0.39 is 0 Å². The van der Waals surface area contributed by atoms with Gasteiger partial charge < -0.3 is 15.5 Å². The van der Waals surface area contributed by atoms with Gasteiger partial charge in [-0.1, -0.05) is 13.8 Å². The zero-order valence-electron chi connectivity index (χ0n) is 14.5. The number of nitrogens with one attached hydrogen (secondary N) is 2. The Labute approximate surface area is 162 Å². The molecule has 0 amide bonds. The van der Waals surface area contributed by atoms with Crippen LogP contribution in [0, 0.1) is 5.92 Å². The van der Waals surface area contributed by atoms with Gasteiger partial charge in [0.15, 0.2) is 5.96 Å². The summed E-state index contributed by atoms with van der Waals surface area (Å²) in [6, 6.07) is 2.20. The number of guanidine groups is 1. The minimum atomic E-state index is 0. The third-order valence-electron chi connectivity index (χ3n) is 4.30. The van der Waals surface area contributed by atoms with E-state index in [1.165, 1.54) is 38.0 Å². The maximum atomic E-state index is 4.33. The van der Waals surface area contributed by atoms with Gasteiger partial charge in [0, 0.05) is 26.7 Å². The van der Waals surface area contributed by atoms with Crippen molar-refractivity contribution < 1.29 is 0 Å². The van der Waals surface area contributed by atoms with E-state index in [0.717, 1.165) is 19.0 Å². The van der Waals surface area contributed by atoms with Gasteiger partial charge in [-0.25, -0.2) is 0 Å². The van der Waals surface area contributed by atoms with Crippen LogP contribution < -0.4 is 10.6 Å². The maximum Gasteiger partial charge on any atom is 0.191 e. The summed E-state index contributed by atoms with van der Waals surface area (Å²) in [7, 11) is 1.84. The largest absolute Gasteiger partial charge is 0.356 e. The number of likely N-dealkylation sites (tertiary alicyclic amines) is 1. The molecule has 0 spiro atoms. The molecule has 2 heterocycles. The average Bonchev–Trinajstić information content (AvgIpc) is 3.20. The van der Waals surface area contributed by atoms with Crippen LogP contribution in [0.2, 0.25) is 0 Å². The fourth-order valence-electron chi connectivity index (χ4n) is 2.89. The Balaban J connectivity index is 0.00000264. The Morgan fingerprint density at radius 2 is 1.96 bits per heavy atom. The Kier molecular flexibility index (Phi) is 10.1. The van der Waals surface area contributed by atoms with Crippen LogP contribution in [0.4, 0.5) is 0 Å². The Morgan fingerprint density at radius 3 is 2.57 bits per heavy atom. The first-order valence-corrected chi connectivity index (χ1v) is 9.32. The van der Waals surface area contributed by atoms with Crippen molar-refractivity contribution >= 4 is 41.3 Å². The van der Waals surface area contributed by atoms with Gasteiger partial charge in [0.1, 0.15) is 0 Å². The fourth-order valence-corrected chi connectivity index (χ4v) is 3.67. The SMILES string of the molecule is CN=C(NCC(C)CN1CCCC1)NCC(C)c1ccsc1.I. The second-order valence-corrected chi connectivity index (χ2v) is 7.18. The first-order chi connectivity index (χ1) is 10.7. The topological polar surface area (TPSA) is 39.7 Å². The van der Waals surface area contributed by atoms with Crippen molar-refractivity contribution in [3.8, 4) is 0 Å². The lowest BCUT2D eigenvalue weighted by atomic mass is 10.1. The Hall–Kier alpha value is -0.340. The highest BCUT2D eigenvalue weighted by Crippen LogP contribution is 2.17. The maximum absolute atomic E-state index is 4.33. The molecule has 6 heteroatoms. The number of thiophene rings is 1. The van der Waals surface area contributed by atoms with Crippen molar-refractivity contribution in [3.05, 3.63) is 22.4 Å². The number of nitrogens with zero attached hydrogens (tertiary/aromatic N) is 2. The molecule has 4 nitrogen and oxygen atoms in total. The predicted molar refractivity (Wildman–Crippen MR) is 112 cm³/mol. The summed E-state index contributed by atoms with van der Waals surface area (Å²) in [5, 5.41) is 11.3. The van der Waals surface area contributed by atoms with E-state index in [-0.39, 0.29) is 24.0 Å². The molecule has 0 bridgehead atoms. The molecule has 1 aromatic heterocycles. The highest BCUT2D eigenvalue weighted by molar-refractivity contribution is 14.0. The summed E-state index contributed by atoms with van der Waals surface area (Å²) < 4.78 is 0. The van der Waals surface area contributed by atoms with E-state index in [1.54, 1.807) is 11.3 Å². The van der Waals surface area contributed by atoms with Gasteiger partial charge in [-0.15, -0.1) is 24.0 Å². The number of aliphatic imine (C=N–C) groups is 1. The van der Waals surface area contributed by atoms with Crippen molar-refractivity contribution in [1.82, 2.24) is 15.5 Å². The minimum Gasteiger partial charge on any atom is -0.356 e. The third kappa shape index (κ3) is 7.39. The van der Waals surface area contributed by atoms with Gasteiger partial charge in [-0.05, 0) is 60.2 Å².